The summed E-state index contributed by atoms with van der Waals surface area (Å²) in [6, 6.07) is 7.62. The minimum atomic E-state index is -0.208. The number of nitroso groups, excluding NO2 is 1. The standard InChI is InChI=1S/C16H21NO2/c1-2-3-6-13-8-9-15(17-19)16(13)14-7-4-5-12(10-14)11-18/h4-5,7,10,15,18H,2-3,6,8-9,11H2,1H3. The lowest BCUT2D eigenvalue weighted by atomic mass is 9.95. The molecule has 3 heteroatoms. The van der Waals surface area contributed by atoms with Crippen LogP contribution in [0, 0.1) is 4.91 Å². The highest BCUT2D eigenvalue weighted by atomic mass is 16.3. The second-order valence-electron chi connectivity index (χ2n) is 5.14. The Labute approximate surface area is 114 Å². The molecule has 1 aliphatic carbocycles. The van der Waals surface area contributed by atoms with Crippen LogP contribution in [0.3, 0.4) is 0 Å². The maximum atomic E-state index is 11.0. The quantitative estimate of drug-likeness (QED) is 0.783. The normalized spacial score (nSPS) is 18.9. The Morgan fingerprint density at radius 1 is 1.42 bits per heavy atom. The molecule has 19 heavy (non-hydrogen) atoms. The van der Waals surface area contributed by atoms with E-state index in [1.807, 2.05) is 24.3 Å². The maximum Gasteiger partial charge on any atom is 0.118 e. The van der Waals surface area contributed by atoms with Crippen LogP contribution in [0.15, 0.2) is 35.0 Å². The minimum absolute atomic E-state index is 0.0323. The van der Waals surface area contributed by atoms with Crippen LogP contribution in [-0.4, -0.2) is 11.1 Å². The Morgan fingerprint density at radius 3 is 2.95 bits per heavy atom. The fourth-order valence-electron chi connectivity index (χ4n) is 2.81. The zero-order valence-corrected chi connectivity index (χ0v) is 11.4. The highest BCUT2D eigenvalue weighted by Gasteiger charge is 2.27. The molecule has 0 amide bonds. The summed E-state index contributed by atoms with van der Waals surface area (Å²) in [5, 5.41) is 12.5. The average molecular weight is 259 g/mol. The summed E-state index contributed by atoms with van der Waals surface area (Å²) in [5.74, 6) is 0. The third-order valence-corrected chi connectivity index (χ3v) is 3.81. The molecule has 0 bridgehead atoms. The van der Waals surface area contributed by atoms with Gasteiger partial charge in [0.2, 0.25) is 0 Å². The maximum absolute atomic E-state index is 11.0. The topological polar surface area (TPSA) is 49.7 Å². The third-order valence-electron chi connectivity index (χ3n) is 3.81. The van der Waals surface area contributed by atoms with Crippen LogP contribution in [-0.2, 0) is 6.61 Å². The molecule has 0 saturated carbocycles. The monoisotopic (exact) mass is 259 g/mol. The lowest BCUT2D eigenvalue weighted by molar-refractivity contribution is 0.282. The van der Waals surface area contributed by atoms with Gasteiger partial charge < -0.3 is 5.11 Å². The predicted octanol–water partition coefficient (Wildman–Crippen LogP) is 4.05. The molecule has 2 rings (SSSR count). The van der Waals surface area contributed by atoms with Gasteiger partial charge in [-0.3, -0.25) is 0 Å². The first-order valence-corrected chi connectivity index (χ1v) is 7.04. The van der Waals surface area contributed by atoms with E-state index in [0.29, 0.717) is 0 Å². The Morgan fingerprint density at radius 2 is 2.26 bits per heavy atom. The Hall–Kier alpha value is -1.48. The van der Waals surface area contributed by atoms with Gasteiger partial charge in [-0.2, -0.15) is 4.91 Å². The zero-order valence-electron chi connectivity index (χ0n) is 11.4. The van der Waals surface area contributed by atoms with Gasteiger partial charge in [-0.05, 0) is 48.4 Å². The van der Waals surface area contributed by atoms with Crippen molar-refractivity contribution < 1.29 is 5.11 Å². The van der Waals surface area contributed by atoms with E-state index in [0.717, 1.165) is 48.8 Å². The smallest absolute Gasteiger partial charge is 0.118 e. The summed E-state index contributed by atoms with van der Waals surface area (Å²) in [7, 11) is 0. The van der Waals surface area contributed by atoms with Crippen molar-refractivity contribution in [2.75, 3.05) is 0 Å². The molecule has 0 radical (unpaired) electrons. The second kappa shape index (κ2) is 6.62. The van der Waals surface area contributed by atoms with Gasteiger partial charge in [0.05, 0.1) is 6.61 Å². The van der Waals surface area contributed by atoms with E-state index in [1.165, 1.54) is 5.57 Å². The number of hydrogen-bond donors (Lipinski definition) is 1. The van der Waals surface area contributed by atoms with Crippen LogP contribution >= 0.6 is 0 Å². The molecular weight excluding hydrogens is 238 g/mol. The van der Waals surface area contributed by atoms with E-state index < -0.39 is 0 Å². The zero-order chi connectivity index (χ0) is 13.7. The first-order valence-electron chi connectivity index (χ1n) is 7.04. The van der Waals surface area contributed by atoms with Gasteiger partial charge in [-0.1, -0.05) is 42.3 Å². The molecule has 0 saturated heterocycles. The van der Waals surface area contributed by atoms with Crippen LogP contribution in [0.25, 0.3) is 5.57 Å². The summed E-state index contributed by atoms with van der Waals surface area (Å²) < 4.78 is 0. The van der Waals surface area contributed by atoms with E-state index in [9.17, 15) is 10.0 Å². The SMILES string of the molecule is CCCCC1=C(c2cccc(CO)c2)C(N=O)CC1. The molecule has 102 valence electrons. The molecule has 0 spiro atoms. The minimum Gasteiger partial charge on any atom is -0.392 e. The van der Waals surface area contributed by atoms with Crippen molar-refractivity contribution in [3.05, 3.63) is 45.9 Å². The van der Waals surface area contributed by atoms with E-state index >= 15 is 0 Å². The summed E-state index contributed by atoms with van der Waals surface area (Å²) in [6.45, 7) is 2.21. The number of aliphatic hydroxyl groups is 1. The molecule has 0 aliphatic heterocycles. The molecule has 1 aromatic carbocycles. The van der Waals surface area contributed by atoms with E-state index in [2.05, 4.69) is 12.1 Å². The van der Waals surface area contributed by atoms with Gasteiger partial charge in [-0.15, -0.1) is 0 Å². The largest absolute Gasteiger partial charge is 0.392 e. The molecule has 0 heterocycles. The van der Waals surface area contributed by atoms with Crippen LogP contribution in [0.1, 0.15) is 50.2 Å². The number of hydrogen-bond acceptors (Lipinski definition) is 3. The average Bonchev–Trinajstić information content (AvgIpc) is 2.88. The Bertz CT molecular complexity index is 479. The Kier molecular flexibility index (Phi) is 4.86. The molecule has 0 aromatic heterocycles. The lowest BCUT2D eigenvalue weighted by Gasteiger charge is -2.11. The van der Waals surface area contributed by atoms with E-state index in [1.54, 1.807) is 0 Å². The number of unbranched alkanes of at least 4 members (excludes halogenated alkanes) is 1. The third kappa shape index (κ3) is 3.10. The first kappa shape index (κ1) is 13.9. The predicted molar refractivity (Wildman–Crippen MR) is 77.6 cm³/mol. The summed E-state index contributed by atoms with van der Waals surface area (Å²) in [6.07, 6.45) is 5.19. The van der Waals surface area contributed by atoms with Gasteiger partial charge >= 0.3 is 0 Å². The Balaban J connectivity index is 2.36. The fraction of sp³-hybridized carbons (Fsp3) is 0.500. The van der Waals surface area contributed by atoms with Crippen molar-refractivity contribution in [3.8, 4) is 0 Å². The number of nitrogens with zero attached hydrogens (tertiary/aromatic N) is 1. The molecule has 3 nitrogen and oxygen atoms in total. The van der Waals surface area contributed by atoms with Crippen LogP contribution in [0.2, 0.25) is 0 Å². The van der Waals surface area contributed by atoms with Gasteiger partial charge in [0, 0.05) is 0 Å². The number of benzene rings is 1. The van der Waals surface area contributed by atoms with Gasteiger partial charge in [0.15, 0.2) is 0 Å². The van der Waals surface area contributed by atoms with Gasteiger partial charge in [-0.25, -0.2) is 0 Å². The summed E-state index contributed by atoms with van der Waals surface area (Å²) in [5.41, 5.74) is 4.43. The van der Waals surface area contributed by atoms with Crippen molar-refractivity contribution in [1.29, 1.82) is 0 Å². The van der Waals surface area contributed by atoms with Crippen LogP contribution in [0.4, 0.5) is 0 Å². The highest BCUT2D eigenvalue weighted by molar-refractivity contribution is 5.75. The molecule has 1 aliphatic rings. The number of allylic oxidation sites excluding steroid dienone is 1. The molecule has 1 unspecified atom stereocenters. The van der Waals surface area contributed by atoms with Crippen LogP contribution in [0.5, 0.6) is 0 Å². The van der Waals surface area contributed by atoms with Gasteiger partial charge in [0.1, 0.15) is 6.04 Å². The molecular formula is C16H21NO2. The van der Waals surface area contributed by atoms with Gasteiger partial charge in [0.25, 0.3) is 0 Å². The van der Waals surface area contributed by atoms with Crippen LogP contribution < -0.4 is 0 Å². The molecule has 1 atom stereocenters. The highest BCUT2D eigenvalue weighted by Crippen LogP contribution is 2.38. The van der Waals surface area contributed by atoms with Crippen molar-refractivity contribution in [2.45, 2.75) is 51.7 Å². The molecule has 1 aromatic rings. The summed E-state index contributed by atoms with van der Waals surface area (Å²) in [4.78, 5) is 11.0. The fourth-order valence-corrected chi connectivity index (χ4v) is 2.81. The van der Waals surface area contributed by atoms with E-state index in [-0.39, 0.29) is 12.6 Å². The number of aliphatic hydroxyl groups excluding tert-OH is 1. The number of rotatable bonds is 6. The second-order valence-corrected chi connectivity index (χ2v) is 5.14. The van der Waals surface area contributed by atoms with E-state index in [4.69, 9.17) is 0 Å². The molecule has 0 fully saturated rings. The first-order chi connectivity index (χ1) is 9.30. The van der Waals surface area contributed by atoms with Crippen molar-refractivity contribution in [2.24, 2.45) is 5.18 Å². The molecule has 1 N–H and O–H groups in total. The van der Waals surface area contributed by atoms with Crippen molar-refractivity contribution in [1.82, 2.24) is 0 Å². The summed E-state index contributed by atoms with van der Waals surface area (Å²) >= 11 is 0. The van der Waals surface area contributed by atoms with Crippen molar-refractivity contribution >= 4 is 5.57 Å². The lowest BCUT2D eigenvalue weighted by Crippen LogP contribution is -2.02. The van der Waals surface area contributed by atoms with Crippen molar-refractivity contribution in [3.63, 3.8) is 0 Å².